The summed E-state index contributed by atoms with van der Waals surface area (Å²) in [5.41, 5.74) is 4.19. The third kappa shape index (κ3) is 7.18. The Hall–Kier alpha value is -3.64. The highest BCUT2D eigenvalue weighted by atomic mass is 19.4. The Labute approximate surface area is 203 Å². The second-order valence-electron chi connectivity index (χ2n) is 8.00. The SMILES string of the molecule is Fc1cc(CNCCCCOCCNc2cc(-c3cnoc3)cc3[nH]ncc23)ccc1OC(F)(F)F. The first-order chi connectivity index (χ1) is 17.4. The zero-order chi connectivity index (χ0) is 25.4. The first kappa shape index (κ1) is 25.5. The van der Waals surface area contributed by atoms with Crippen molar-refractivity contribution in [2.45, 2.75) is 25.7 Å². The van der Waals surface area contributed by atoms with E-state index < -0.39 is 17.9 Å². The molecular weight excluding hydrogens is 482 g/mol. The Morgan fingerprint density at radius 3 is 2.67 bits per heavy atom. The first-order valence-electron chi connectivity index (χ1n) is 11.3. The standard InChI is InChI=1S/C24H25F4N5O3/c25-20-9-16(3-4-23(20)36-24(26,27)28)12-29-5-1-2-7-34-8-6-30-21-10-17(18-13-32-35-15-18)11-22-19(21)14-31-33-22/h3-4,9-11,13-15,29-30H,1-2,5-8,12H2,(H,31,33). The molecule has 0 aliphatic carbocycles. The van der Waals surface area contributed by atoms with E-state index >= 15 is 0 Å². The molecule has 0 atom stereocenters. The highest BCUT2D eigenvalue weighted by Gasteiger charge is 2.32. The van der Waals surface area contributed by atoms with Gasteiger partial charge in [0.1, 0.15) is 6.26 Å². The van der Waals surface area contributed by atoms with Crippen LogP contribution in [0.25, 0.3) is 22.0 Å². The molecule has 0 saturated carbocycles. The van der Waals surface area contributed by atoms with Crippen LogP contribution in [0.3, 0.4) is 0 Å². The Kier molecular flexibility index (Phi) is 8.39. The van der Waals surface area contributed by atoms with E-state index in [9.17, 15) is 17.6 Å². The molecule has 0 unspecified atom stereocenters. The van der Waals surface area contributed by atoms with Crippen LogP contribution in [0.1, 0.15) is 18.4 Å². The Morgan fingerprint density at radius 2 is 1.89 bits per heavy atom. The summed E-state index contributed by atoms with van der Waals surface area (Å²) in [4.78, 5) is 0. The third-order valence-electron chi connectivity index (χ3n) is 5.33. The summed E-state index contributed by atoms with van der Waals surface area (Å²) in [6.45, 7) is 2.73. The summed E-state index contributed by atoms with van der Waals surface area (Å²) < 4.78 is 64.6. The minimum absolute atomic E-state index is 0.338. The van der Waals surface area contributed by atoms with Gasteiger partial charge in [-0.3, -0.25) is 5.10 Å². The maximum absolute atomic E-state index is 13.7. The van der Waals surface area contributed by atoms with Gasteiger partial charge in [-0.2, -0.15) is 5.10 Å². The second-order valence-corrected chi connectivity index (χ2v) is 8.00. The molecule has 0 aliphatic heterocycles. The number of H-pyrrole nitrogens is 1. The van der Waals surface area contributed by atoms with E-state index in [1.165, 1.54) is 6.07 Å². The van der Waals surface area contributed by atoms with Crippen molar-refractivity contribution in [3.63, 3.8) is 0 Å². The maximum Gasteiger partial charge on any atom is 0.573 e. The van der Waals surface area contributed by atoms with E-state index in [-0.39, 0.29) is 0 Å². The van der Waals surface area contributed by atoms with Crippen molar-refractivity contribution in [1.29, 1.82) is 0 Å². The normalized spacial score (nSPS) is 11.8. The molecule has 0 spiro atoms. The van der Waals surface area contributed by atoms with Gasteiger partial charge in [0.25, 0.3) is 0 Å². The fourth-order valence-corrected chi connectivity index (χ4v) is 3.62. The van der Waals surface area contributed by atoms with Gasteiger partial charge < -0.3 is 24.6 Å². The van der Waals surface area contributed by atoms with Gasteiger partial charge in [0, 0.05) is 36.3 Å². The lowest BCUT2D eigenvalue weighted by atomic mass is 10.1. The molecule has 3 N–H and O–H groups in total. The minimum Gasteiger partial charge on any atom is -0.403 e. The number of aromatic nitrogens is 3. The van der Waals surface area contributed by atoms with Gasteiger partial charge in [0.15, 0.2) is 11.6 Å². The van der Waals surface area contributed by atoms with E-state index in [4.69, 9.17) is 9.26 Å². The number of fused-ring (bicyclic) bond motifs is 1. The number of hydrogen-bond acceptors (Lipinski definition) is 7. The van der Waals surface area contributed by atoms with Gasteiger partial charge in [-0.15, -0.1) is 13.2 Å². The summed E-state index contributed by atoms with van der Waals surface area (Å²) in [5, 5.41) is 18.3. The average Bonchev–Trinajstić information content (AvgIpc) is 3.53. The smallest absolute Gasteiger partial charge is 0.403 e. The van der Waals surface area contributed by atoms with Crippen LogP contribution in [0.15, 0.2) is 53.5 Å². The maximum atomic E-state index is 13.7. The van der Waals surface area contributed by atoms with E-state index in [2.05, 4.69) is 30.7 Å². The Morgan fingerprint density at radius 1 is 1.00 bits per heavy atom. The fraction of sp³-hybridized carbons (Fsp3) is 0.333. The van der Waals surface area contributed by atoms with Crippen molar-refractivity contribution in [2.24, 2.45) is 0 Å². The molecule has 192 valence electrons. The topological polar surface area (TPSA) is 97.2 Å². The summed E-state index contributed by atoms with van der Waals surface area (Å²) in [6.07, 6.45) is 1.74. The zero-order valence-electron chi connectivity index (χ0n) is 19.2. The highest BCUT2D eigenvalue weighted by Crippen LogP contribution is 2.30. The number of nitrogens with zero attached hydrogens (tertiary/aromatic N) is 2. The predicted molar refractivity (Wildman–Crippen MR) is 125 cm³/mol. The van der Waals surface area contributed by atoms with Crippen LogP contribution in [0, 0.1) is 5.82 Å². The van der Waals surface area contributed by atoms with Crippen LogP contribution in [-0.4, -0.2) is 48.0 Å². The summed E-state index contributed by atoms with van der Waals surface area (Å²) in [7, 11) is 0. The number of ether oxygens (including phenoxy) is 2. The average molecular weight is 507 g/mol. The number of halogens is 4. The number of aromatic amines is 1. The lowest BCUT2D eigenvalue weighted by molar-refractivity contribution is -0.275. The molecule has 0 amide bonds. The van der Waals surface area contributed by atoms with Crippen LogP contribution >= 0.6 is 0 Å². The molecule has 4 aromatic rings. The summed E-state index contributed by atoms with van der Waals surface area (Å²) >= 11 is 0. The van der Waals surface area contributed by atoms with Crippen LogP contribution in [0.5, 0.6) is 5.75 Å². The number of rotatable bonds is 13. The van der Waals surface area contributed by atoms with Gasteiger partial charge in [0.2, 0.25) is 0 Å². The van der Waals surface area contributed by atoms with E-state index in [0.717, 1.165) is 52.7 Å². The van der Waals surface area contributed by atoms with Crippen molar-refractivity contribution in [2.75, 3.05) is 31.6 Å². The van der Waals surface area contributed by atoms with E-state index in [0.29, 0.717) is 38.4 Å². The van der Waals surface area contributed by atoms with Gasteiger partial charge in [0.05, 0.1) is 24.5 Å². The molecule has 8 nitrogen and oxygen atoms in total. The Balaban J connectivity index is 1.10. The van der Waals surface area contributed by atoms with Crippen molar-refractivity contribution in [1.82, 2.24) is 20.7 Å². The second kappa shape index (κ2) is 11.9. The number of hydrogen-bond donors (Lipinski definition) is 3. The van der Waals surface area contributed by atoms with E-state index in [1.807, 2.05) is 12.1 Å². The molecule has 0 bridgehead atoms. The largest absolute Gasteiger partial charge is 0.573 e. The summed E-state index contributed by atoms with van der Waals surface area (Å²) in [5.74, 6) is -1.89. The molecular formula is C24H25F4N5O3. The van der Waals surface area contributed by atoms with Crippen LogP contribution < -0.4 is 15.4 Å². The van der Waals surface area contributed by atoms with Gasteiger partial charge >= 0.3 is 6.36 Å². The van der Waals surface area contributed by atoms with Crippen LogP contribution in [-0.2, 0) is 11.3 Å². The molecule has 4 rings (SSSR count). The molecule has 2 aromatic heterocycles. The molecule has 2 heterocycles. The van der Waals surface area contributed by atoms with Gasteiger partial charge in [-0.1, -0.05) is 11.2 Å². The number of anilines is 1. The minimum atomic E-state index is -4.92. The number of nitrogens with one attached hydrogen (secondary N) is 3. The molecule has 0 aliphatic rings. The molecule has 36 heavy (non-hydrogen) atoms. The van der Waals surface area contributed by atoms with E-state index in [1.54, 1.807) is 18.7 Å². The highest BCUT2D eigenvalue weighted by molar-refractivity contribution is 5.95. The van der Waals surface area contributed by atoms with Crippen molar-refractivity contribution in [3.8, 4) is 16.9 Å². The lowest BCUT2D eigenvalue weighted by Crippen LogP contribution is -2.18. The molecule has 2 aromatic carbocycles. The quantitative estimate of drug-likeness (QED) is 0.168. The van der Waals surface area contributed by atoms with Gasteiger partial charge in [-0.05, 0) is 54.8 Å². The molecule has 0 saturated heterocycles. The predicted octanol–water partition coefficient (Wildman–Crippen LogP) is 5.25. The van der Waals surface area contributed by atoms with Gasteiger partial charge in [-0.25, -0.2) is 4.39 Å². The van der Waals surface area contributed by atoms with Crippen molar-refractivity contribution in [3.05, 3.63) is 60.4 Å². The van der Waals surface area contributed by atoms with Crippen molar-refractivity contribution < 1.29 is 31.6 Å². The molecule has 0 fully saturated rings. The Bertz CT molecular complexity index is 1240. The zero-order valence-corrected chi connectivity index (χ0v) is 19.2. The van der Waals surface area contributed by atoms with Crippen LogP contribution in [0.4, 0.5) is 23.2 Å². The lowest BCUT2D eigenvalue weighted by Gasteiger charge is -2.11. The number of unbranched alkanes of at least 4 members (excludes halogenated alkanes) is 1. The first-order valence-corrected chi connectivity index (χ1v) is 11.3. The summed E-state index contributed by atoms with van der Waals surface area (Å²) in [6, 6.07) is 7.40. The van der Waals surface area contributed by atoms with Crippen LogP contribution in [0.2, 0.25) is 0 Å². The molecule has 0 radical (unpaired) electrons. The molecule has 12 heteroatoms. The van der Waals surface area contributed by atoms with Crippen molar-refractivity contribution >= 4 is 16.6 Å². The third-order valence-corrected chi connectivity index (χ3v) is 5.33. The monoisotopic (exact) mass is 507 g/mol. The fourth-order valence-electron chi connectivity index (χ4n) is 3.62. The number of benzene rings is 2. The number of alkyl halides is 3.